The average molecular weight is 163 g/mol. The van der Waals surface area contributed by atoms with Gasteiger partial charge in [0.2, 0.25) is 0 Å². The first-order valence-electron chi connectivity index (χ1n) is 4.26. The molecule has 1 heterocycles. The van der Waals surface area contributed by atoms with Gasteiger partial charge < -0.3 is 10.1 Å². The van der Waals surface area contributed by atoms with E-state index in [9.17, 15) is 0 Å². The lowest BCUT2D eigenvalue weighted by Gasteiger charge is -2.25. The number of benzene rings is 1. The third-order valence-electron chi connectivity index (χ3n) is 2.11. The van der Waals surface area contributed by atoms with Crippen molar-refractivity contribution in [3.63, 3.8) is 0 Å². The van der Waals surface area contributed by atoms with E-state index >= 15 is 0 Å². The van der Waals surface area contributed by atoms with Crippen molar-refractivity contribution in [1.82, 2.24) is 0 Å². The van der Waals surface area contributed by atoms with E-state index in [1.54, 1.807) is 0 Å². The highest BCUT2D eigenvalue weighted by Crippen LogP contribution is 2.31. The molecule has 2 rings (SSSR count). The molecule has 0 fully saturated rings. The van der Waals surface area contributed by atoms with Crippen LogP contribution in [0, 0.1) is 6.92 Å². The molecule has 2 nitrogen and oxygen atoms in total. The third kappa shape index (κ3) is 1.13. The van der Waals surface area contributed by atoms with Crippen molar-refractivity contribution >= 4 is 5.69 Å². The Morgan fingerprint density at radius 1 is 1.50 bits per heavy atom. The highest BCUT2D eigenvalue weighted by molar-refractivity contribution is 5.63. The number of ether oxygens (including phenoxy) is 1. The molecule has 0 amide bonds. The molecule has 0 aliphatic carbocycles. The zero-order chi connectivity index (χ0) is 8.55. The molecule has 1 atom stereocenters. The minimum absolute atomic E-state index is 0.415. The lowest BCUT2D eigenvalue weighted by Crippen LogP contribution is -2.28. The topological polar surface area (TPSA) is 21.3 Å². The van der Waals surface area contributed by atoms with Gasteiger partial charge in [-0.3, -0.25) is 0 Å². The highest BCUT2D eigenvalue weighted by atomic mass is 16.5. The van der Waals surface area contributed by atoms with Crippen molar-refractivity contribution in [2.45, 2.75) is 19.9 Å². The summed E-state index contributed by atoms with van der Waals surface area (Å²) in [6.07, 6.45) is 0. The molecule has 1 unspecified atom stereocenters. The van der Waals surface area contributed by atoms with Crippen LogP contribution in [0.3, 0.4) is 0 Å². The molecule has 1 aliphatic rings. The predicted octanol–water partition coefficient (Wildman–Crippen LogP) is 2.19. The van der Waals surface area contributed by atoms with Crippen LogP contribution in [0.4, 0.5) is 5.69 Å². The standard InChI is InChI=1S/C10H13NO/c1-7-4-3-5-9-10(7)11-8(2)6-12-9/h3-5,8,11H,6H2,1-2H3. The van der Waals surface area contributed by atoms with E-state index in [2.05, 4.69) is 25.2 Å². The number of aryl methyl sites for hydroxylation is 1. The van der Waals surface area contributed by atoms with Crippen LogP contribution in [0.5, 0.6) is 5.75 Å². The predicted molar refractivity (Wildman–Crippen MR) is 49.8 cm³/mol. The lowest BCUT2D eigenvalue weighted by atomic mass is 10.1. The van der Waals surface area contributed by atoms with E-state index in [1.807, 2.05) is 12.1 Å². The molecule has 1 aromatic rings. The fraction of sp³-hybridized carbons (Fsp3) is 0.400. The fourth-order valence-corrected chi connectivity index (χ4v) is 1.45. The molecule has 1 aliphatic heterocycles. The molecule has 2 heteroatoms. The van der Waals surface area contributed by atoms with Crippen molar-refractivity contribution in [2.75, 3.05) is 11.9 Å². The monoisotopic (exact) mass is 163 g/mol. The quantitative estimate of drug-likeness (QED) is 0.633. The van der Waals surface area contributed by atoms with Crippen LogP contribution in [0.15, 0.2) is 18.2 Å². The maximum atomic E-state index is 5.55. The minimum Gasteiger partial charge on any atom is -0.489 e. The molecule has 0 aromatic heterocycles. The van der Waals surface area contributed by atoms with Crippen LogP contribution in [0.1, 0.15) is 12.5 Å². The summed E-state index contributed by atoms with van der Waals surface area (Å²) in [5.41, 5.74) is 2.40. The van der Waals surface area contributed by atoms with Crippen LogP contribution in [0.2, 0.25) is 0 Å². The van der Waals surface area contributed by atoms with Gasteiger partial charge in [0.05, 0.1) is 11.7 Å². The Kier molecular flexibility index (Phi) is 1.68. The largest absolute Gasteiger partial charge is 0.489 e. The SMILES string of the molecule is Cc1cccc2c1NC(C)CO2. The van der Waals surface area contributed by atoms with E-state index < -0.39 is 0 Å². The summed E-state index contributed by atoms with van der Waals surface area (Å²) < 4.78 is 5.55. The van der Waals surface area contributed by atoms with Crippen molar-refractivity contribution in [3.05, 3.63) is 23.8 Å². The summed E-state index contributed by atoms with van der Waals surface area (Å²) >= 11 is 0. The van der Waals surface area contributed by atoms with Gasteiger partial charge in [-0.15, -0.1) is 0 Å². The molecule has 0 saturated carbocycles. The normalized spacial score (nSPS) is 20.7. The first kappa shape index (κ1) is 7.47. The Morgan fingerprint density at radius 2 is 2.33 bits per heavy atom. The van der Waals surface area contributed by atoms with Crippen LogP contribution in [-0.2, 0) is 0 Å². The van der Waals surface area contributed by atoms with Crippen molar-refractivity contribution in [2.24, 2.45) is 0 Å². The Labute approximate surface area is 72.5 Å². The summed E-state index contributed by atoms with van der Waals surface area (Å²) in [6.45, 7) is 4.97. The molecule has 12 heavy (non-hydrogen) atoms. The first-order valence-corrected chi connectivity index (χ1v) is 4.26. The maximum absolute atomic E-state index is 5.55. The van der Waals surface area contributed by atoms with Gasteiger partial charge >= 0.3 is 0 Å². The highest BCUT2D eigenvalue weighted by Gasteiger charge is 2.15. The van der Waals surface area contributed by atoms with Gasteiger partial charge in [0.25, 0.3) is 0 Å². The molecule has 64 valence electrons. The van der Waals surface area contributed by atoms with Gasteiger partial charge in [-0.2, -0.15) is 0 Å². The molecular weight excluding hydrogens is 150 g/mol. The molecule has 0 bridgehead atoms. The average Bonchev–Trinajstić information content (AvgIpc) is 2.07. The Hall–Kier alpha value is -1.18. The summed E-state index contributed by atoms with van der Waals surface area (Å²) in [7, 11) is 0. The number of anilines is 1. The second-order valence-electron chi connectivity index (χ2n) is 3.30. The van der Waals surface area contributed by atoms with Crippen LogP contribution < -0.4 is 10.1 Å². The van der Waals surface area contributed by atoms with Gasteiger partial charge in [-0.25, -0.2) is 0 Å². The smallest absolute Gasteiger partial charge is 0.142 e. The van der Waals surface area contributed by atoms with Gasteiger partial charge in [0, 0.05) is 0 Å². The van der Waals surface area contributed by atoms with E-state index in [1.165, 1.54) is 5.56 Å². The Bertz CT molecular complexity index is 296. The summed E-state index contributed by atoms with van der Waals surface area (Å²) in [6, 6.07) is 6.53. The molecule has 0 spiro atoms. The lowest BCUT2D eigenvalue weighted by molar-refractivity contribution is 0.291. The number of rotatable bonds is 0. The summed E-state index contributed by atoms with van der Waals surface area (Å²) in [4.78, 5) is 0. The number of hydrogen-bond donors (Lipinski definition) is 1. The zero-order valence-corrected chi connectivity index (χ0v) is 7.42. The second kappa shape index (κ2) is 2.70. The number of para-hydroxylation sites is 1. The first-order chi connectivity index (χ1) is 5.77. The fourth-order valence-electron chi connectivity index (χ4n) is 1.45. The Morgan fingerprint density at radius 3 is 3.17 bits per heavy atom. The van der Waals surface area contributed by atoms with Gasteiger partial charge in [0.1, 0.15) is 12.4 Å². The van der Waals surface area contributed by atoms with E-state index in [0.29, 0.717) is 6.04 Å². The van der Waals surface area contributed by atoms with Crippen LogP contribution >= 0.6 is 0 Å². The van der Waals surface area contributed by atoms with Crippen molar-refractivity contribution in [3.8, 4) is 5.75 Å². The van der Waals surface area contributed by atoms with Gasteiger partial charge in [0.15, 0.2) is 0 Å². The van der Waals surface area contributed by atoms with Crippen molar-refractivity contribution in [1.29, 1.82) is 0 Å². The minimum atomic E-state index is 0.415. The number of hydrogen-bond acceptors (Lipinski definition) is 2. The molecule has 1 aromatic carbocycles. The number of fused-ring (bicyclic) bond motifs is 1. The zero-order valence-electron chi connectivity index (χ0n) is 7.42. The number of nitrogens with one attached hydrogen (secondary N) is 1. The molecular formula is C10H13NO. The second-order valence-corrected chi connectivity index (χ2v) is 3.30. The maximum Gasteiger partial charge on any atom is 0.142 e. The summed E-state index contributed by atoms with van der Waals surface area (Å²) in [5, 5.41) is 3.40. The molecule has 0 saturated heterocycles. The van der Waals surface area contributed by atoms with Crippen LogP contribution in [-0.4, -0.2) is 12.6 Å². The summed E-state index contributed by atoms with van der Waals surface area (Å²) in [5.74, 6) is 0.980. The van der Waals surface area contributed by atoms with Gasteiger partial charge in [-0.1, -0.05) is 12.1 Å². The van der Waals surface area contributed by atoms with E-state index in [-0.39, 0.29) is 0 Å². The molecule has 1 N–H and O–H groups in total. The van der Waals surface area contributed by atoms with Crippen LogP contribution in [0.25, 0.3) is 0 Å². The van der Waals surface area contributed by atoms with E-state index in [0.717, 1.165) is 18.0 Å². The van der Waals surface area contributed by atoms with Gasteiger partial charge in [-0.05, 0) is 25.5 Å². The molecule has 0 radical (unpaired) electrons. The Balaban J connectivity index is 2.43. The third-order valence-corrected chi connectivity index (χ3v) is 2.11. The van der Waals surface area contributed by atoms with E-state index in [4.69, 9.17) is 4.74 Å². The van der Waals surface area contributed by atoms with Crippen molar-refractivity contribution < 1.29 is 4.74 Å².